The maximum atomic E-state index is 10.6. The molecule has 0 saturated carbocycles. The molecule has 0 radical (unpaired) electrons. The van der Waals surface area contributed by atoms with Crippen LogP contribution in [0.3, 0.4) is 0 Å². The molecular formula is C12H14ClNOS. The molecule has 2 nitrogen and oxygen atoms in total. The van der Waals surface area contributed by atoms with Crippen molar-refractivity contribution in [1.29, 1.82) is 0 Å². The van der Waals surface area contributed by atoms with Crippen molar-refractivity contribution in [1.82, 2.24) is 4.31 Å². The number of halogens is 1. The first-order valence-corrected chi connectivity index (χ1v) is 6.57. The van der Waals surface area contributed by atoms with Gasteiger partial charge >= 0.3 is 0 Å². The Morgan fingerprint density at radius 3 is 2.62 bits per heavy atom. The van der Waals surface area contributed by atoms with Gasteiger partial charge in [0, 0.05) is 23.9 Å². The molecule has 1 heterocycles. The predicted octanol–water partition coefficient (Wildman–Crippen LogP) is 3.26. The number of carbonyl (C=O) groups excluding carboxylic acids is 1. The molecule has 1 aromatic carbocycles. The lowest BCUT2D eigenvalue weighted by Gasteiger charge is -2.28. The maximum Gasteiger partial charge on any atom is 0.123 e. The molecule has 0 spiro atoms. The number of hydrogen-bond donors (Lipinski definition) is 0. The van der Waals surface area contributed by atoms with Crippen LogP contribution < -0.4 is 0 Å². The predicted molar refractivity (Wildman–Crippen MR) is 67.7 cm³/mol. The summed E-state index contributed by atoms with van der Waals surface area (Å²) >= 11 is 7.78. The molecule has 1 aromatic rings. The highest BCUT2D eigenvalue weighted by Crippen LogP contribution is 2.32. The molecule has 4 heteroatoms. The quantitative estimate of drug-likeness (QED) is 0.611. The number of rotatable bonds is 3. The van der Waals surface area contributed by atoms with Crippen LogP contribution in [0.2, 0.25) is 5.02 Å². The van der Waals surface area contributed by atoms with E-state index in [-0.39, 0.29) is 5.92 Å². The van der Waals surface area contributed by atoms with Gasteiger partial charge in [-0.25, -0.2) is 4.31 Å². The molecule has 0 unspecified atom stereocenters. The van der Waals surface area contributed by atoms with Crippen LogP contribution >= 0.6 is 23.5 Å². The summed E-state index contributed by atoms with van der Waals surface area (Å²) in [5.74, 6) is 0.253. The van der Waals surface area contributed by atoms with E-state index in [9.17, 15) is 4.79 Å². The van der Waals surface area contributed by atoms with Crippen LogP contribution in [0.25, 0.3) is 0 Å². The molecule has 1 saturated heterocycles. The fourth-order valence-electron chi connectivity index (χ4n) is 1.76. The van der Waals surface area contributed by atoms with Crippen molar-refractivity contribution >= 4 is 29.8 Å². The van der Waals surface area contributed by atoms with Gasteiger partial charge in [0.1, 0.15) is 6.29 Å². The monoisotopic (exact) mass is 255 g/mol. The van der Waals surface area contributed by atoms with Gasteiger partial charge in [-0.15, -0.1) is 0 Å². The van der Waals surface area contributed by atoms with Crippen LogP contribution in [0, 0.1) is 5.92 Å². The number of hydrogen-bond acceptors (Lipinski definition) is 3. The maximum absolute atomic E-state index is 10.6. The normalized spacial score (nSPS) is 18.6. The highest BCUT2D eigenvalue weighted by atomic mass is 35.5. The van der Waals surface area contributed by atoms with E-state index >= 15 is 0 Å². The second-order valence-corrected chi connectivity index (χ2v) is 5.47. The zero-order chi connectivity index (χ0) is 11.4. The van der Waals surface area contributed by atoms with Crippen molar-refractivity contribution in [2.45, 2.75) is 17.7 Å². The third-order valence-electron chi connectivity index (χ3n) is 2.76. The van der Waals surface area contributed by atoms with Gasteiger partial charge in [0.25, 0.3) is 0 Å². The third-order valence-corrected chi connectivity index (χ3v) is 4.37. The first-order chi connectivity index (χ1) is 7.79. The second kappa shape index (κ2) is 5.71. The second-order valence-electron chi connectivity index (χ2n) is 3.92. The summed E-state index contributed by atoms with van der Waals surface area (Å²) in [6, 6.07) is 7.86. The lowest BCUT2D eigenvalue weighted by molar-refractivity contribution is -0.112. The zero-order valence-corrected chi connectivity index (χ0v) is 10.5. The Bertz CT molecular complexity index is 364. The molecule has 0 bridgehead atoms. The highest BCUT2D eigenvalue weighted by molar-refractivity contribution is 7.97. The fourth-order valence-corrected chi connectivity index (χ4v) is 2.97. The van der Waals surface area contributed by atoms with E-state index in [1.807, 2.05) is 24.3 Å². The molecule has 0 aliphatic carbocycles. The lowest BCUT2D eigenvalue weighted by Crippen LogP contribution is -2.28. The molecule has 2 rings (SSSR count). The summed E-state index contributed by atoms with van der Waals surface area (Å²) in [5.41, 5.74) is 0. The molecule has 86 valence electrons. The average molecular weight is 256 g/mol. The first-order valence-electron chi connectivity index (χ1n) is 5.42. The molecular weight excluding hydrogens is 242 g/mol. The van der Waals surface area contributed by atoms with E-state index in [0.717, 1.165) is 42.1 Å². The van der Waals surface area contributed by atoms with E-state index in [0.29, 0.717) is 0 Å². The molecule has 0 N–H and O–H groups in total. The summed E-state index contributed by atoms with van der Waals surface area (Å²) < 4.78 is 2.28. The van der Waals surface area contributed by atoms with Gasteiger partial charge in [0.2, 0.25) is 0 Å². The Morgan fingerprint density at radius 2 is 2.00 bits per heavy atom. The number of carbonyl (C=O) groups is 1. The molecule has 1 fully saturated rings. The van der Waals surface area contributed by atoms with E-state index < -0.39 is 0 Å². The summed E-state index contributed by atoms with van der Waals surface area (Å²) in [5, 5.41) is 0.796. The summed E-state index contributed by atoms with van der Waals surface area (Å²) in [6.07, 6.45) is 3.00. The summed E-state index contributed by atoms with van der Waals surface area (Å²) in [6.45, 7) is 1.92. The van der Waals surface area contributed by atoms with Crippen LogP contribution in [0.1, 0.15) is 12.8 Å². The Hall–Kier alpha value is -0.510. The molecule has 1 aliphatic heterocycles. The first kappa shape index (κ1) is 12.0. The molecule has 0 aromatic heterocycles. The van der Waals surface area contributed by atoms with Gasteiger partial charge in [-0.3, -0.25) is 0 Å². The molecule has 1 aliphatic rings. The van der Waals surface area contributed by atoms with E-state index in [2.05, 4.69) is 4.31 Å². The van der Waals surface area contributed by atoms with Crippen LogP contribution in [0.4, 0.5) is 0 Å². The highest BCUT2D eigenvalue weighted by Gasteiger charge is 2.19. The lowest BCUT2D eigenvalue weighted by atomic mass is 10.0. The standard InChI is InChI=1S/C12H14ClNOS/c13-11-3-1-2-4-12(11)16-14-7-5-10(9-15)6-8-14/h1-4,9-10H,5-8H2. The Labute approximate surface area is 105 Å². The molecule has 0 amide bonds. The van der Waals surface area contributed by atoms with Gasteiger partial charge in [-0.1, -0.05) is 23.7 Å². The van der Waals surface area contributed by atoms with Gasteiger partial charge in [-0.2, -0.15) is 0 Å². The average Bonchev–Trinajstić information content (AvgIpc) is 2.33. The van der Waals surface area contributed by atoms with Gasteiger partial charge < -0.3 is 4.79 Å². The van der Waals surface area contributed by atoms with Crippen molar-refractivity contribution < 1.29 is 4.79 Å². The van der Waals surface area contributed by atoms with E-state index in [1.165, 1.54) is 0 Å². The SMILES string of the molecule is O=CC1CCN(Sc2ccccc2Cl)CC1. The van der Waals surface area contributed by atoms with Gasteiger partial charge in [0.05, 0.1) is 5.02 Å². The van der Waals surface area contributed by atoms with Crippen LogP contribution in [0.5, 0.6) is 0 Å². The Morgan fingerprint density at radius 1 is 1.31 bits per heavy atom. The van der Waals surface area contributed by atoms with Crippen LogP contribution in [-0.2, 0) is 4.79 Å². The minimum Gasteiger partial charge on any atom is -0.303 e. The van der Waals surface area contributed by atoms with Crippen LogP contribution in [0.15, 0.2) is 29.2 Å². The molecule has 0 atom stereocenters. The number of piperidine rings is 1. The van der Waals surface area contributed by atoms with Crippen molar-refractivity contribution in [3.63, 3.8) is 0 Å². The largest absolute Gasteiger partial charge is 0.303 e. The van der Waals surface area contributed by atoms with Crippen molar-refractivity contribution in [3.8, 4) is 0 Å². The molecule has 16 heavy (non-hydrogen) atoms. The van der Waals surface area contributed by atoms with Crippen molar-refractivity contribution in [2.75, 3.05) is 13.1 Å². The summed E-state index contributed by atoms with van der Waals surface area (Å²) in [7, 11) is 0. The van der Waals surface area contributed by atoms with Crippen LogP contribution in [-0.4, -0.2) is 23.7 Å². The van der Waals surface area contributed by atoms with Crippen molar-refractivity contribution in [3.05, 3.63) is 29.3 Å². The summed E-state index contributed by atoms with van der Waals surface area (Å²) in [4.78, 5) is 11.7. The van der Waals surface area contributed by atoms with Gasteiger partial charge in [0.15, 0.2) is 0 Å². The van der Waals surface area contributed by atoms with Crippen molar-refractivity contribution in [2.24, 2.45) is 5.92 Å². The number of nitrogens with zero attached hydrogens (tertiary/aromatic N) is 1. The Balaban J connectivity index is 1.92. The van der Waals surface area contributed by atoms with E-state index in [1.54, 1.807) is 11.9 Å². The zero-order valence-electron chi connectivity index (χ0n) is 8.93. The minimum atomic E-state index is 0.253. The number of aldehydes is 1. The smallest absolute Gasteiger partial charge is 0.123 e. The Kier molecular flexibility index (Phi) is 4.27. The third kappa shape index (κ3) is 3.00. The fraction of sp³-hybridized carbons (Fsp3) is 0.417. The van der Waals surface area contributed by atoms with Gasteiger partial charge in [-0.05, 0) is 36.9 Å². The minimum absolute atomic E-state index is 0.253. The topological polar surface area (TPSA) is 20.3 Å². The number of benzene rings is 1. The van der Waals surface area contributed by atoms with E-state index in [4.69, 9.17) is 11.6 Å².